The number of aliphatic carboxylic acids is 1. The Bertz CT molecular complexity index is 258. The molecule has 0 aromatic heterocycles. The van der Waals surface area contributed by atoms with E-state index in [1.807, 2.05) is 0 Å². The van der Waals surface area contributed by atoms with Crippen LogP contribution >= 0.6 is 0 Å². The second-order valence-electron chi connectivity index (χ2n) is 4.34. The Hall–Kier alpha value is -1.10. The van der Waals surface area contributed by atoms with Crippen molar-refractivity contribution in [3.05, 3.63) is 0 Å². The fraction of sp³-hybridized carbons (Fsp3) is 0.818. The molecule has 0 spiro atoms. The molecule has 0 aliphatic carbocycles. The summed E-state index contributed by atoms with van der Waals surface area (Å²) in [5.74, 6) is -0.919. The summed E-state index contributed by atoms with van der Waals surface area (Å²) in [5.41, 5.74) is -1.05. The first kappa shape index (κ1) is 13.0. The molecule has 1 aliphatic heterocycles. The molecule has 0 saturated carbocycles. The first-order valence-electron chi connectivity index (χ1n) is 5.82. The predicted molar refractivity (Wildman–Crippen MR) is 60.1 cm³/mol. The molecule has 5 nitrogen and oxygen atoms in total. The van der Waals surface area contributed by atoms with E-state index in [1.165, 1.54) is 0 Å². The van der Waals surface area contributed by atoms with Crippen molar-refractivity contribution >= 4 is 12.4 Å². The molecular weight excluding hydrogens is 208 g/mol. The number of nitrogens with one attached hydrogen (secondary N) is 1. The highest BCUT2D eigenvalue weighted by atomic mass is 16.4. The first-order valence-corrected chi connectivity index (χ1v) is 5.82. The van der Waals surface area contributed by atoms with Crippen molar-refractivity contribution in [3.63, 3.8) is 0 Å². The molecule has 5 heteroatoms. The van der Waals surface area contributed by atoms with Gasteiger partial charge in [0.2, 0.25) is 6.41 Å². The number of carboxylic acids is 1. The van der Waals surface area contributed by atoms with Crippen LogP contribution in [0.4, 0.5) is 0 Å². The molecule has 1 amide bonds. The summed E-state index contributed by atoms with van der Waals surface area (Å²) in [4.78, 5) is 24.0. The smallest absolute Gasteiger partial charge is 0.329 e. The highest BCUT2D eigenvalue weighted by molar-refractivity contribution is 5.81. The quantitative estimate of drug-likeness (QED) is 0.670. The van der Waals surface area contributed by atoms with Crippen LogP contribution in [0, 0.1) is 0 Å². The van der Waals surface area contributed by atoms with Crippen LogP contribution in [0.2, 0.25) is 0 Å². The second-order valence-corrected chi connectivity index (χ2v) is 4.34. The highest BCUT2D eigenvalue weighted by Crippen LogP contribution is 2.22. The van der Waals surface area contributed by atoms with Gasteiger partial charge in [0.05, 0.1) is 0 Å². The number of carboxylic acid groups (broad SMARTS) is 1. The Labute approximate surface area is 95.8 Å². The Morgan fingerprint density at radius 1 is 1.50 bits per heavy atom. The summed E-state index contributed by atoms with van der Waals surface area (Å²) in [5, 5.41) is 11.7. The zero-order valence-corrected chi connectivity index (χ0v) is 9.74. The maximum atomic E-state index is 11.2. The fourth-order valence-corrected chi connectivity index (χ4v) is 2.26. The normalized spacial score (nSPS) is 27.1. The van der Waals surface area contributed by atoms with Gasteiger partial charge in [0.15, 0.2) is 0 Å². The van der Waals surface area contributed by atoms with E-state index in [2.05, 4.69) is 17.1 Å². The van der Waals surface area contributed by atoms with Gasteiger partial charge in [-0.1, -0.05) is 6.92 Å². The Morgan fingerprint density at radius 2 is 2.25 bits per heavy atom. The second kappa shape index (κ2) is 5.84. The van der Waals surface area contributed by atoms with Crippen LogP contribution in [-0.4, -0.2) is 47.6 Å². The van der Waals surface area contributed by atoms with Crippen LogP contribution in [0.15, 0.2) is 0 Å². The number of amides is 1. The lowest BCUT2D eigenvalue weighted by Gasteiger charge is -2.27. The minimum absolute atomic E-state index is 0.487. The third kappa shape index (κ3) is 2.95. The molecular formula is C11H20N2O3. The van der Waals surface area contributed by atoms with E-state index < -0.39 is 11.5 Å². The number of carbonyl (C=O) groups excluding carboxylic acids is 1. The van der Waals surface area contributed by atoms with Crippen molar-refractivity contribution in [1.29, 1.82) is 0 Å². The van der Waals surface area contributed by atoms with Gasteiger partial charge in [0.1, 0.15) is 5.54 Å². The zero-order chi connectivity index (χ0) is 12.0. The minimum atomic E-state index is -1.05. The van der Waals surface area contributed by atoms with Gasteiger partial charge < -0.3 is 15.3 Å². The molecule has 1 saturated heterocycles. The number of hydrogen-bond acceptors (Lipinski definition) is 3. The first-order chi connectivity index (χ1) is 7.64. The Kier molecular flexibility index (Phi) is 4.73. The average molecular weight is 228 g/mol. The maximum absolute atomic E-state index is 11.2. The van der Waals surface area contributed by atoms with Crippen LogP contribution in [-0.2, 0) is 9.59 Å². The van der Waals surface area contributed by atoms with Gasteiger partial charge >= 0.3 is 5.97 Å². The van der Waals surface area contributed by atoms with Crippen molar-refractivity contribution in [2.75, 3.05) is 19.6 Å². The third-order valence-corrected chi connectivity index (χ3v) is 3.22. The number of hydrogen-bond donors (Lipinski definition) is 2. The molecule has 1 fully saturated rings. The lowest BCUT2D eigenvalue weighted by Crippen LogP contribution is -2.52. The van der Waals surface area contributed by atoms with E-state index in [0.717, 1.165) is 32.5 Å². The molecule has 0 aromatic carbocycles. The molecule has 16 heavy (non-hydrogen) atoms. The summed E-state index contributed by atoms with van der Waals surface area (Å²) in [6.45, 7) is 4.76. The number of likely N-dealkylation sites (tertiary alicyclic amines) is 1. The van der Waals surface area contributed by atoms with Crippen molar-refractivity contribution in [2.45, 2.75) is 38.1 Å². The van der Waals surface area contributed by atoms with Crippen molar-refractivity contribution in [3.8, 4) is 0 Å². The molecule has 1 rings (SSSR count). The van der Waals surface area contributed by atoms with E-state index in [-0.39, 0.29) is 0 Å². The molecule has 0 bridgehead atoms. The van der Waals surface area contributed by atoms with Gasteiger partial charge in [-0.25, -0.2) is 4.79 Å². The van der Waals surface area contributed by atoms with Crippen LogP contribution in [0.25, 0.3) is 0 Å². The SMILES string of the molecule is CCCN1CCCC(NC=O)(C(=O)O)CC1. The summed E-state index contributed by atoms with van der Waals surface area (Å²) in [7, 11) is 0. The summed E-state index contributed by atoms with van der Waals surface area (Å²) >= 11 is 0. The Morgan fingerprint density at radius 3 is 2.81 bits per heavy atom. The number of rotatable bonds is 5. The van der Waals surface area contributed by atoms with Gasteiger partial charge in [-0.05, 0) is 38.8 Å². The molecule has 1 atom stereocenters. The van der Waals surface area contributed by atoms with E-state index in [1.54, 1.807) is 0 Å². The van der Waals surface area contributed by atoms with Crippen LogP contribution in [0.1, 0.15) is 32.6 Å². The van der Waals surface area contributed by atoms with Crippen molar-refractivity contribution in [1.82, 2.24) is 10.2 Å². The van der Waals surface area contributed by atoms with Crippen LogP contribution in [0.5, 0.6) is 0 Å². The maximum Gasteiger partial charge on any atom is 0.329 e. The van der Waals surface area contributed by atoms with Gasteiger partial charge in [0.25, 0.3) is 0 Å². The summed E-state index contributed by atoms with van der Waals surface area (Å²) < 4.78 is 0. The lowest BCUT2D eigenvalue weighted by atomic mass is 9.91. The molecule has 1 unspecified atom stereocenters. The average Bonchev–Trinajstić information content (AvgIpc) is 2.44. The van der Waals surface area contributed by atoms with Gasteiger partial charge in [-0.15, -0.1) is 0 Å². The third-order valence-electron chi connectivity index (χ3n) is 3.22. The topological polar surface area (TPSA) is 69.6 Å². The van der Waals surface area contributed by atoms with E-state index >= 15 is 0 Å². The van der Waals surface area contributed by atoms with Gasteiger partial charge in [-0.2, -0.15) is 0 Å². The molecule has 2 N–H and O–H groups in total. The number of carbonyl (C=O) groups is 2. The van der Waals surface area contributed by atoms with E-state index in [9.17, 15) is 14.7 Å². The monoisotopic (exact) mass is 228 g/mol. The van der Waals surface area contributed by atoms with E-state index in [0.29, 0.717) is 19.3 Å². The van der Waals surface area contributed by atoms with Crippen molar-refractivity contribution < 1.29 is 14.7 Å². The lowest BCUT2D eigenvalue weighted by molar-refractivity contribution is -0.146. The zero-order valence-electron chi connectivity index (χ0n) is 9.74. The number of nitrogens with zero attached hydrogens (tertiary/aromatic N) is 1. The fourth-order valence-electron chi connectivity index (χ4n) is 2.26. The summed E-state index contributed by atoms with van der Waals surface area (Å²) in [6.07, 6.45) is 3.39. The predicted octanol–water partition coefficient (Wildman–Crippen LogP) is 0.452. The largest absolute Gasteiger partial charge is 0.480 e. The molecule has 0 aromatic rings. The molecule has 92 valence electrons. The van der Waals surface area contributed by atoms with Crippen molar-refractivity contribution in [2.24, 2.45) is 0 Å². The standard InChI is InChI=1S/C11H20N2O3/c1-2-6-13-7-3-4-11(5-8-13,10(15)16)12-9-14/h9H,2-8H2,1H3,(H,12,14)(H,15,16). The van der Waals surface area contributed by atoms with Gasteiger partial charge in [-0.3, -0.25) is 4.79 Å². The Balaban J connectivity index is 2.66. The van der Waals surface area contributed by atoms with Gasteiger partial charge in [0, 0.05) is 6.54 Å². The molecule has 1 heterocycles. The van der Waals surface area contributed by atoms with Crippen LogP contribution < -0.4 is 5.32 Å². The molecule has 0 radical (unpaired) electrons. The molecule has 1 aliphatic rings. The minimum Gasteiger partial charge on any atom is -0.480 e. The summed E-state index contributed by atoms with van der Waals surface area (Å²) in [6, 6.07) is 0. The van der Waals surface area contributed by atoms with Crippen LogP contribution in [0.3, 0.4) is 0 Å². The van der Waals surface area contributed by atoms with E-state index in [4.69, 9.17) is 0 Å². The highest BCUT2D eigenvalue weighted by Gasteiger charge is 2.39.